The van der Waals surface area contributed by atoms with Crippen LogP contribution in [-0.4, -0.2) is 49.8 Å². The molecule has 1 saturated heterocycles. The van der Waals surface area contributed by atoms with E-state index >= 15 is 0 Å². The normalized spacial score (nSPS) is 15.3. The maximum absolute atomic E-state index is 12.1. The van der Waals surface area contributed by atoms with E-state index in [1.165, 1.54) is 6.21 Å². The first kappa shape index (κ1) is 24.2. The zero-order valence-electron chi connectivity index (χ0n) is 18.1. The number of nitrogens with one attached hydrogen (secondary N) is 3. The lowest BCUT2D eigenvalue weighted by molar-refractivity contribution is -0.139. The Bertz CT molecular complexity index is 1020. The van der Waals surface area contributed by atoms with Gasteiger partial charge in [0.05, 0.1) is 17.3 Å². The second kappa shape index (κ2) is 12.0. The molecule has 0 radical (unpaired) electrons. The fourth-order valence-electron chi connectivity index (χ4n) is 3.00. The summed E-state index contributed by atoms with van der Waals surface area (Å²) in [6, 6.07) is 12.2. The summed E-state index contributed by atoms with van der Waals surface area (Å²) in [5, 5.41) is 9.27. The van der Waals surface area contributed by atoms with Crippen molar-refractivity contribution in [3.8, 4) is 5.75 Å². The number of rotatable bonds is 8. The third-order valence-corrected chi connectivity index (χ3v) is 5.05. The van der Waals surface area contributed by atoms with Gasteiger partial charge in [-0.2, -0.15) is 5.10 Å². The van der Waals surface area contributed by atoms with E-state index in [1.54, 1.807) is 30.3 Å². The predicted octanol–water partition coefficient (Wildman–Crippen LogP) is 2.41. The summed E-state index contributed by atoms with van der Waals surface area (Å²) < 4.78 is 10.9. The van der Waals surface area contributed by atoms with Crippen LogP contribution in [0.4, 0.5) is 5.69 Å². The molecule has 1 heterocycles. The van der Waals surface area contributed by atoms with E-state index in [0.717, 1.165) is 18.4 Å². The summed E-state index contributed by atoms with van der Waals surface area (Å²) in [6.45, 7) is 2.71. The number of carbonyl (C=O) groups is 3. The number of nitrogens with zero attached hydrogens (tertiary/aromatic N) is 1. The summed E-state index contributed by atoms with van der Waals surface area (Å²) in [5.74, 6) is -1.66. The smallest absolute Gasteiger partial charge is 0.329 e. The Labute approximate surface area is 196 Å². The van der Waals surface area contributed by atoms with Gasteiger partial charge in [0.15, 0.2) is 6.61 Å². The van der Waals surface area contributed by atoms with Gasteiger partial charge in [-0.05, 0) is 55.7 Å². The van der Waals surface area contributed by atoms with Gasteiger partial charge in [0.25, 0.3) is 5.91 Å². The first-order valence-corrected chi connectivity index (χ1v) is 10.8. The predicted molar refractivity (Wildman–Crippen MR) is 124 cm³/mol. The minimum absolute atomic E-state index is 0.0539. The standard InChI is InChI=1S/C23H25ClN4O5/c1-15-4-7-17(8-5-15)27-21(29)14-33-20-9-6-16(11-19(20)24)12-26-28-23(31)22(30)25-13-18-3-2-10-32-18/h4-9,11-12,18H,2-3,10,13-14H2,1H3,(H,25,30)(H,27,29)(H,28,31)/b26-12-/t18-/m1/s1. The van der Waals surface area contributed by atoms with Crippen LogP contribution in [0.3, 0.4) is 0 Å². The van der Waals surface area contributed by atoms with Crippen LogP contribution in [0, 0.1) is 6.92 Å². The average molecular weight is 473 g/mol. The van der Waals surface area contributed by atoms with E-state index in [-0.39, 0.29) is 30.2 Å². The lowest BCUT2D eigenvalue weighted by atomic mass is 10.2. The molecule has 2 aromatic rings. The summed E-state index contributed by atoms with van der Waals surface area (Å²) in [6.07, 6.45) is 3.09. The monoisotopic (exact) mass is 472 g/mol. The summed E-state index contributed by atoms with van der Waals surface area (Å²) in [5.41, 5.74) is 4.49. The molecule has 33 heavy (non-hydrogen) atoms. The minimum atomic E-state index is -0.880. The maximum Gasteiger partial charge on any atom is 0.329 e. The number of amides is 3. The molecule has 0 spiro atoms. The van der Waals surface area contributed by atoms with Gasteiger partial charge >= 0.3 is 11.8 Å². The molecule has 1 aliphatic heterocycles. The molecule has 3 N–H and O–H groups in total. The highest BCUT2D eigenvalue weighted by atomic mass is 35.5. The first-order valence-electron chi connectivity index (χ1n) is 10.4. The number of halogens is 1. The number of carbonyl (C=O) groups excluding carboxylic acids is 3. The molecule has 9 nitrogen and oxygen atoms in total. The molecule has 3 rings (SSSR count). The summed E-state index contributed by atoms with van der Waals surface area (Å²) >= 11 is 6.20. The van der Waals surface area contributed by atoms with E-state index in [0.29, 0.717) is 23.6 Å². The van der Waals surface area contributed by atoms with Crippen LogP contribution in [0.5, 0.6) is 5.75 Å². The van der Waals surface area contributed by atoms with Crippen molar-refractivity contribution in [2.24, 2.45) is 5.10 Å². The largest absolute Gasteiger partial charge is 0.482 e. The molecule has 0 unspecified atom stereocenters. The quantitative estimate of drug-likeness (QED) is 0.310. The van der Waals surface area contributed by atoms with E-state index in [9.17, 15) is 14.4 Å². The highest BCUT2D eigenvalue weighted by molar-refractivity contribution is 6.35. The van der Waals surface area contributed by atoms with Crippen molar-refractivity contribution in [1.29, 1.82) is 0 Å². The Morgan fingerprint density at radius 2 is 1.97 bits per heavy atom. The Morgan fingerprint density at radius 3 is 2.67 bits per heavy atom. The van der Waals surface area contributed by atoms with Crippen LogP contribution in [0.2, 0.25) is 5.02 Å². The van der Waals surface area contributed by atoms with Crippen molar-refractivity contribution < 1.29 is 23.9 Å². The lowest BCUT2D eigenvalue weighted by Gasteiger charge is -2.10. The van der Waals surface area contributed by atoms with Gasteiger partial charge in [0.1, 0.15) is 5.75 Å². The molecule has 1 aliphatic rings. The van der Waals surface area contributed by atoms with Crippen molar-refractivity contribution in [3.05, 3.63) is 58.6 Å². The second-order valence-electron chi connectivity index (χ2n) is 7.44. The van der Waals surface area contributed by atoms with Gasteiger partial charge in [-0.3, -0.25) is 14.4 Å². The number of hydrogen-bond acceptors (Lipinski definition) is 6. The molecular weight excluding hydrogens is 448 g/mol. The van der Waals surface area contributed by atoms with E-state index in [1.807, 2.05) is 19.1 Å². The van der Waals surface area contributed by atoms with Crippen molar-refractivity contribution in [2.75, 3.05) is 25.1 Å². The van der Waals surface area contributed by atoms with Gasteiger partial charge in [0, 0.05) is 18.8 Å². The molecule has 0 bridgehead atoms. The Morgan fingerprint density at radius 1 is 1.18 bits per heavy atom. The zero-order chi connectivity index (χ0) is 23.6. The molecule has 0 saturated carbocycles. The topological polar surface area (TPSA) is 118 Å². The Hall–Kier alpha value is -3.43. The van der Waals surface area contributed by atoms with Crippen molar-refractivity contribution in [1.82, 2.24) is 10.7 Å². The van der Waals surface area contributed by atoms with Gasteiger partial charge in [-0.15, -0.1) is 0 Å². The Balaban J connectivity index is 1.42. The maximum atomic E-state index is 12.1. The third-order valence-electron chi connectivity index (χ3n) is 4.75. The number of anilines is 1. The molecule has 0 aliphatic carbocycles. The van der Waals surface area contributed by atoms with Gasteiger partial charge in [0.2, 0.25) is 0 Å². The van der Waals surface area contributed by atoms with E-state index in [2.05, 4.69) is 21.2 Å². The van der Waals surface area contributed by atoms with Crippen LogP contribution >= 0.6 is 11.6 Å². The molecule has 1 atom stereocenters. The summed E-state index contributed by atoms with van der Waals surface area (Å²) in [4.78, 5) is 35.6. The van der Waals surface area contributed by atoms with Crippen LogP contribution in [0.15, 0.2) is 47.6 Å². The van der Waals surface area contributed by atoms with Gasteiger partial charge in [-0.1, -0.05) is 29.3 Å². The minimum Gasteiger partial charge on any atom is -0.482 e. The molecule has 0 aromatic heterocycles. The highest BCUT2D eigenvalue weighted by Crippen LogP contribution is 2.25. The van der Waals surface area contributed by atoms with Crippen molar-refractivity contribution >= 4 is 41.2 Å². The SMILES string of the molecule is Cc1ccc(NC(=O)COc2ccc(/C=N\NC(=O)C(=O)NC[C@H]3CCCO3)cc2Cl)cc1. The number of aryl methyl sites for hydroxylation is 1. The molecule has 3 amide bonds. The van der Waals surface area contributed by atoms with Crippen molar-refractivity contribution in [3.63, 3.8) is 0 Å². The van der Waals surface area contributed by atoms with Crippen molar-refractivity contribution in [2.45, 2.75) is 25.9 Å². The first-order chi connectivity index (χ1) is 15.9. The van der Waals surface area contributed by atoms with Gasteiger partial charge < -0.3 is 20.1 Å². The Kier molecular flexibility index (Phi) is 8.79. The van der Waals surface area contributed by atoms with Crippen LogP contribution < -0.4 is 20.8 Å². The van der Waals surface area contributed by atoms with Crippen LogP contribution in [-0.2, 0) is 19.1 Å². The third kappa shape index (κ3) is 7.89. The summed E-state index contributed by atoms with van der Waals surface area (Å²) in [7, 11) is 0. The number of benzene rings is 2. The fourth-order valence-corrected chi connectivity index (χ4v) is 3.24. The van der Waals surface area contributed by atoms with E-state index in [4.69, 9.17) is 21.1 Å². The molecule has 174 valence electrons. The number of ether oxygens (including phenoxy) is 2. The van der Waals surface area contributed by atoms with Gasteiger partial charge in [-0.25, -0.2) is 5.43 Å². The average Bonchev–Trinajstić information content (AvgIpc) is 3.32. The van der Waals surface area contributed by atoms with Crippen LogP contribution in [0.25, 0.3) is 0 Å². The number of hydrazone groups is 1. The van der Waals surface area contributed by atoms with Crippen LogP contribution in [0.1, 0.15) is 24.0 Å². The molecule has 10 heteroatoms. The molecular formula is C23H25ClN4O5. The highest BCUT2D eigenvalue weighted by Gasteiger charge is 2.19. The zero-order valence-corrected chi connectivity index (χ0v) is 18.9. The lowest BCUT2D eigenvalue weighted by Crippen LogP contribution is -2.41. The molecule has 2 aromatic carbocycles. The number of hydrogen-bond donors (Lipinski definition) is 3. The fraction of sp³-hybridized carbons (Fsp3) is 0.304. The second-order valence-corrected chi connectivity index (χ2v) is 7.84. The van der Waals surface area contributed by atoms with E-state index < -0.39 is 11.8 Å². The molecule has 1 fully saturated rings.